The first kappa shape index (κ1) is 77.2. The maximum Gasteiger partial charge on any atom is 0.306 e. The summed E-state index contributed by atoms with van der Waals surface area (Å²) in [4.78, 5) is 40.0. The van der Waals surface area contributed by atoms with Crippen LogP contribution in [0.3, 0.4) is 0 Å². The summed E-state index contributed by atoms with van der Waals surface area (Å²) < 4.78 is 30.3. The van der Waals surface area contributed by atoms with Gasteiger partial charge in [0.05, 0.1) is 33.8 Å². The number of nitrogens with zero attached hydrogens (tertiary/aromatic N) is 1. The molecule has 0 aromatic heterocycles. The molecule has 0 saturated heterocycles. The lowest BCUT2D eigenvalue weighted by Crippen LogP contribution is -2.47. The topological polar surface area (TPSA) is 114 Å². The Morgan fingerprint density at radius 2 is 0.790 bits per heavy atom. The number of carbonyl (C=O) groups is 2. The Hall–Kier alpha value is -3.85. The highest BCUT2D eigenvalue weighted by Gasteiger charge is 2.27. The van der Waals surface area contributed by atoms with Gasteiger partial charge >= 0.3 is 5.97 Å². The van der Waals surface area contributed by atoms with Gasteiger partial charge in [-0.15, -0.1) is 0 Å². The van der Waals surface area contributed by atoms with Crippen LogP contribution in [0.15, 0.2) is 134 Å². The molecular formula is C71H121N2O7P. The minimum atomic E-state index is -4.72. The maximum atomic E-state index is 13.6. The van der Waals surface area contributed by atoms with E-state index in [0.29, 0.717) is 23.9 Å². The molecule has 0 fully saturated rings. The summed E-state index contributed by atoms with van der Waals surface area (Å²) in [7, 11) is 1.13. The summed E-state index contributed by atoms with van der Waals surface area (Å²) in [5, 5.41) is 3.01. The first-order valence-electron chi connectivity index (χ1n) is 32.5. The Balaban J connectivity index is 5.27. The number of allylic oxidation sites excluding steroid dienone is 21. The summed E-state index contributed by atoms with van der Waals surface area (Å²) in [5.74, 6) is -0.613. The zero-order valence-corrected chi connectivity index (χ0v) is 53.6. The van der Waals surface area contributed by atoms with Crippen LogP contribution in [-0.2, 0) is 27.9 Å². The third-order valence-corrected chi connectivity index (χ3v) is 14.5. The molecule has 3 unspecified atom stereocenters. The van der Waals surface area contributed by atoms with Gasteiger partial charge in [0.15, 0.2) is 0 Å². The van der Waals surface area contributed by atoms with Gasteiger partial charge in [0.1, 0.15) is 19.3 Å². The van der Waals surface area contributed by atoms with E-state index in [2.05, 4.69) is 148 Å². The average molecular weight is 1150 g/mol. The number of carbonyl (C=O) groups excluding carboxylic acids is 2. The summed E-state index contributed by atoms with van der Waals surface area (Å²) in [6.07, 6.45) is 84.2. The molecule has 0 aliphatic rings. The van der Waals surface area contributed by atoms with Crippen LogP contribution in [-0.4, -0.2) is 69.4 Å². The zero-order chi connectivity index (χ0) is 59.3. The summed E-state index contributed by atoms with van der Waals surface area (Å²) >= 11 is 0. The number of rotatable bonds is 57. The van der Waals surface area contributed by atoms with Crippen LogP contribution in [0.1, 0.15) is 252 Å². The lowest BCUT2D eigenvalue weighted by atomic mass is 10.1. The number of phosphoric ester groups is 1. The fraction of sp³-hybridized carbons (Fsp3) is 0.662. The number of ether oxygens (including phenoxy) is 1. The molecule has 0 spiro atoms. The molecule has 0 aliphatic carbocycles. The van der Waals surface area contributed by atoms with Gasteiger partial charge in [-0.25, -0.2) is 0 Å². The molecule has 10 heteroatoms. The van der Waals surface area contributed by atoms with Gasteiger partial charge in [0, 0.05) is 12.8 Å². The quantitative estimate of drug-likeness (QED) is 0.0212. The van der Waals surface area contributed by atoms with Crippen molar-refractivity contribution in [2.24, 2.45) is 0 Å². The lowest BCUT2D eigenvalue weighted by molar-refractivity contribution is -0.870. The van der Waals surface area contributed by atoms with Crippen molar-refractivity contribution in [1.82, 2.24) is 5.32 Å². The predicted octanol–water partition coefficient (Wildman–Crippen LogP) is 19.8. The fourth-order valence-electron chi connectivity index (χ4n) is 8.57. The Bertz CT molecular complexity index is 1850. The number of hydrogen-bond donors (Lipinski definition) is 1. The van der Waals surface area contributed by atoms with Gasteiger partial charge in [0.2, 0.25) is 5.91 Å². The molecule has 0 aliphatic heterocycles. The van der Waals surface area contributed by atoms with E-state index in [1.165, 1.54) is 89.9 Å². The van der Waals surface area contributed by atoms with E-state index in [1.807, 2.05) is 33.3 Å². The highest BCUT2D eigenvalue weighted by Crippen LogP contribution is 2.38. The van der Waals surface area contributed by atoms with E-state index in [0.717, 1.165) is 116 Å². The largest absolute Gasteiger partial charge is 0.756 e. The molecule has 0 radical (unpaired) electrons. The van der Waals surface area contributed by atoms with Crippen molar-refractivity contribution in [3.63, 3.8) is 0 Å². The van der Waals surface area contributed by atoms with E-state index in [4.69, 9.17) is 13.8 Å². The normalized spacial score (nSPS) is 14.5. The monoisotopic (exact) mass is 1140 g/mol. The molecule has 9 nitrogen and oxygen atoms in total. The molecule has 0 bridgehead atoms. The second-order valence-electron chi connectivity index (χ2n) is 22.5. The van der Waals surface area contributed by atoms with Crippen molar-refractivity contribution in [1.29, 1.82) is 0 Å². The van der Waals surface area contributed by atoms with Gasteiger partial charge in [-0.3, -0.25) is 14.2 Å². The average Bonchev–Trinajstić information content (AvgIpc) is 3.43. The molecule has 0 aromatic carbocycles. The summed E-state index contributed by atoms with van der Waals surface area (Å²) in [6, 6.07) is -0.923. The van der Waals surface area contributed by atoms with Crippen molar-refractivity contribution in [3.05, 3.63) is 134 Å². The lowest BCUT2D eigenvalue weighted by Gasteiger charge is -2.30. The molecular weight excluding hydrogens is 1020 g/mol. The van der Waals surface area contributed by atoms with Crippen molar-refractivity contribution >= 4 is 19.7 Å². The highest BCUT2D eigenvalue weighted by atomic mass is 31.2. The summed E-state index contributed by atoms with van der Waals surface area (Å²) in [5.41, 5.74) is 0. The number of esters is 1. The number of likely N-dealkylation sites (N-methyl/N-ethyl adjacent to an activating group) is 1. The van der Waals surface area contributed by atoms with E-state index in [-0.39, 0.29) is 25.4 Å². The number of phosphoric acid groups is 1. The maximum absolute atomic E-state index is 13.6. The number of unbranched alkanes of at least 4 members (excludes halogenated alkanes) is 21. The predicted molar refractivity (Wildman–Crippen MR) is 348 cm³/mol. The molecule has 3 atom stereocenters. The molecule has 0 heterocycles. The Morgan fingerprint density at radius 1 is 0.444 bits per heavy atom. The minimum absolute atomic E-state index is 0.0394. The van der Waals surface area contributed by atoms with Gasteiger partial charge < -0.3 is 28.5 Å². The second kappa shape index (κ2) is 59.3. The number of amides is 1. The Labute approximate surface area is 498 Å². The zero-order valence-electron chi connectivity index (χ0n) is 52.7. The van der Waals surface area contributed by atoms with Gasteiger partial charge in [-0.1, -0.05) is 245 Å². The van der Waals surface area contributed by atoms with Gasteiger partial charge in [-0.05, 0) is 128 Å². The smallest absolute Gasteiger partial charge is 0.306 e. The van der Waals surface area contributed by atoms with Crippen LogP contribution in [0.25, 0.3) is 0 Å². The van der Waals surface area contributed by atoms with Crippen molar-refractivity contribution < 1.29 is 37.3 Å². The number of nitrogens with one attached hydrogen (secondary N) is 1. The first-order valence-corrected chi connectivity index (χ1v) is 34.0. The Morgan fingerprint density at radius 3 is 1.22 bits per heavy atom. The third-order valence-electron chi connectivity index (χ3n) is 13.6. The van der Waals surface area contributed by atoms with Crippen LogP contribution in [0.2, 0.25) is 0 Å². The van der Waals surface area contributed by atoms with Gasteiger partial charge in [0.25, 0.3) is 7.82 Å². The highest BCUT2D eigenvalue weighted by molar-refractivity contribution is 7.45. The van der Waals surface area contributed by atoms with Gasteiger partial charge in [-0.2, -0.15) is 0 Å². The number of hydrogen-bond acceptors (Lipinski definition) is 7. The molecule has 0 rings (SSSR count). The molecule has 1 N–H and O–H groups in total. The molecule has 0 aromatic rings. The van der Waals surface area contributed by atoms with E-state index >= 15 is 0 Å². The first-order chi connectivity index (χ1) is 39.4. The van der Waals surface area contributed by atoms with Crippen molar-refractivity contribution in [3.8, 4) is 0 Å². The van der Waals surface area contributed by atoms with Crippen LogP contribution in [0.5, 0.6) is 0 Å². The molecule has 1 amide bonds. The SMILES string of the molecule is CC/C=C\C/C=C\C/C=C\C/C=C\C/C=C\C/C=C\CCCCC(=O)OC(/C=C/CCCCCCCCCCC)C(COP(=O)([O-])OCC[N+](C)(C)C)NC(=O)CCCCCCCCC/C=C\C/C=C\C/C=C\C/C=C\CCCCC. The van der Waals surface area contributed by atoms with E-state index < -0.39 is 32.5 Å². The van der Waals surface area contributed by atoms with Crippen molar-refractivity contribution in [2.45, 2.75) is 264 Å². The molecule has 81 heavy (non-hydrogen) atoms. The van der Waals surface area contributed by atoms with Crippen LogP contribution in [0, 0.1) is 0 Å². The van der Waals surface area contributed by atoms with Crippen LogP contribution in [0.4, 0.5) is 0 Å². The Kier molecular flexibility index (Phi) is 56.5. The number of quaternary nitrogens is 1. The minimum Gasteiger partial charge on any atom is -0.756 e. The fourth-order valence-corrected chi connectivity index (χ4v) is 9.29. The molecule has 0 saturated carbocycles. The van der Waals surface area contributed by atoms with Crippen LogP contribution >= 0.6 is 7.82 Å². The standard InChI is InChI=1S/C71H121N2O7P/c1-7-10-13-16-19-22-25-27-29-31-33-35-36-38-39-41-43-45-48-51-54-57-60-63-70(74)72-68(67-79-81(76,77)78-66-65-73(4,5)6)69(62-59-56-53-50-47-24-21-18-15-12-9-3)80-71(75)64-61-58-55-52-49-46-44-42-40-37-34-32-30-28-26-23-20-17-14-11-8-2/h11,14,19-20,22-23,27-30,33-35,37-39,42,44,49,52,59,62,68-69H,7-10,12-13,15-18,21,24-26,31-32,36,40-41,43,45-48,50-51,53-58,60-61,63-67H2,1-6H3,(H-,72,74,76,77)/b14-11-,22-19-,23-20-,29-27-,30-28-,35-33-,37-34-,39-38-,44-42-,52-49-,62-59+. The third kappa shape index (κ3) is 60.6. The van der Waals surface area contributed by atoms with Crippen molar-refractivity contribution in [2.75, 3.05) is 40.9 Å². The second-order valence-corrected chi connectivity index (χ2v) is 23.9. The molecule has 462 valence electrons. The van der Waals surface area contributed by atoms with E-state index in [1.54, 1.807) is 0 Å². The van der Waals surface area contributed by atoms with Crippen LogP contribution < -0.4 is 10.2 Å². The van der Waals surface area contributed by atoms with E-state index in [9.17, 15) is 19.0 Å². The summed E-state index contributed by atoms with van der Waals surface area (Å²) in [6.45, 7) is 6.64.